The highest BCUT2D eigenvalue weighted by atomic mass is 19.2. The monoisotopic (exact) mass is 301 g/mol. The van der Waals surface area contributed by atoms with Crippen molar-refractivity contribution in [3.05, 3.63) is 59.2 Å². The first-order valence-corrected chi connectivity index (χ1v) is 5.66. The standard InChI is InChI=1S/C13H8F5N3/c1-6(7-4-2-3-5-19-7)20-21-13-11(17)9(15)8(14)10(16)12(13)18/h2-5,21H,1H3/b20-6-. The smallest absolute Gasteiger partial charge is 0.200 e. The summed E-state index contributed by atoms with van der Waals surface area (Å²) < 4.78 is 65.6. The maximum absolute atomic E-state index is 13.4. The molecule has 1 N–H and O–H groups in total. The van der Waals surface area contributed by atoms with Crippen molar-refractivity contribution in [2.24, 2.45) is 5.10 Å². The lowest BCUT2D eigenvalue weighted by atomic mass is 10.2. The molecule has 0 aliphatic rings. The van der Waals surface area contributed by atoms with Gasteiger partial charge in [0.2, 0.25) is 5.82 Å². The molecule has 3 nitrogen and oxygen atoms in total. The van der Waals surface area contributed by atoms with E-state index in [1.54, 1.807) is 18.2 Å². The average Bonchev–Trinajstić information content (AvgIpc) is 2.51. The Balaban J connectivity index is 2.37. The first kappa shape index (κ1) is 14.9. The molecule has 0 radical (unpaired) electrons. The molecular weight excluding hydrogens is 293 g/mol. The van der Waals surface area contributed by atoms with E-state index in [2.05, 4.69) is 10.1 Å². The molecule has 2 aromatic rings. The molecule has 1 aromatic carbocycles. The van der Waals surface area contributed by atoms with Crippen LogP contribution in [0.2, 0.25) is 0 Å². The Morgan fingerprint density at radius 2 is 1.52 bits per heavy atom. The van der Waals surface area contributed by atoms with E-state index in [-0.39, 0.29) is 5.71 Å². The predicted molar refractivity (Wildman–Crippen MR) is 66.3 cm³/mol. The fourth-order valence-electron chi connectivity index (χ4n) is 1.48. The molecule has 1 heterocycles. The van der Waals surface area contributed by atoms with Crippen LogP contribution in [0.15, 0.2) is 29.5 Å². The van der Waals surface area contributed by atoms with Crippen LogP contribution in [0.4, 0.5) is 27.6 Å². The van der Waals surface area contributed by atoms with Gasteiger partial charge in [0, 0.05) is 6.20 Å². The molecule has 0 spiro atoms. The molecule has 0 saturated carbocycles. The van der Waals surface area contributed by atoms with Gasteiger partial charge in [-0.25, -0.2) is 22.0 Å². The van der Waals surface area contributed by atoms with Gasteiger partial charge in [-0.2, -0.15) is 5.10 Å². The van der Waals surface area contributed by atoms with Crippen molar-refractivity contribution in [2.45, 2.75) is 6.92 Å². The quantitative estimate of drug-likeness (QED) is 0.309. The summed E-state index contributed by atoms with van der Waals surface area (Å²) in [4.78, 5) is 3.92. The molecule has 0 atom stereocenters. The van der Waals surface area contributed by atoms with E-state index < -0.39 is 34.8 Å². The van der Waals surface area contributed by atoms with E-state index in [1.807, 2.05) is 5.43 Å². The first-order valence-electron chi connectivity index (χ1n) is 5.66. The van der Waals surface area contributed by atoms with E-state index in [1.165, 1.54) is 13.1 Å². The lowest BCUT2D eigenvalue weighted by Gasteiger charge is -2.08. The number of anilines is 1. The van der Waals surface area contributed by atoms with Crippen molar-refractivity contribution in [3.63, 3.8) is 0 Å². The molecule has 0 bridgehead atoms. The summed E-state index contributed by atoms with van der Waals surface area (Å²) >= 11 is 0. The van der Waals surface area contributed by atoms with Crippen LogP contribution in [0, 0.1) is 29.1 Å². The molecule has 110 valence electrons. The fourth-order valence-corrected chi connectivity index (χ4v) is 1.48. The van der Waals surface area contributed by atoms with Gasteiger partial charge in [0.05, 0.1) is 11.4 Å². The average molecular weight is 301 g/mol. The van der Waals surface area contributed by atoms with E-state index in [4.69, 9.17) is 0 Å². The summed E-state index contributed by atoms with van der Waals surface area (Å²) in [5, 5.41) is 3.57. The number of halogens is 5. The van der Waals surface area contributed by atoms with Crippen molar-refractivity contribution < 1.29 is 22.0 Å². The number of nitrogens with one attached hydrogen (secondary N) is 1. The number of aromatic nitrogens is 1. The van der Waals surface area contributed by atoms with E-state index in [9.17, 15) is 22.0 Å². The molecule has 0 aliphatic heterocycles. The molecule has 0 saturated heterocycles. The minimum absolute atomic E-state index is 0.208. The summed E-state index contributed by atoms with van der Waals surface area (Å²) in [5.74, 6) is -10.3. The van der Waals surface area contributed by atoms with Crippen LogP contribution in [0.5, 0.6) is 0 Å². The SMILES string of the molecule is C/C(=N/Nc1c(F)c(F)c(F)c(F)c1F)c1ccccn1. The first-order chi connectivity index (χ1) is 9.93. The Bertz CT molecular complexity index is 672. The highest BCUT2D eigenvalue weighted by molar-refractivity contribution is 5.97. The number of benzene rings is 1. The molecular formula is C13H8F5N3. The van der Waals surface area contributed by atoms with Crippen LogP contribution in [-0.2, 0) is 0 Å². The maximum Gasteiger partial charge on any atom is 0.200 e. The van der Waals surface area contributed by atoms with Crippen molar-refractivity contribution in [1.29, 1.82) is 0 Å². The fraction of sp³-hybridized carbons (Fsp3) is 0.0769. The Labute approximate surface area is 116 Å². The largest absolute Gasteiger partial charge is 0.272 e. The molecule has 0 unspecified atom stereocenters. The molecule has 21 heavy (non-hydrogen) atoms. The van der Waals surface area contributed by atoms with Crippen molar-refractivity contribution in [1.82, 2.24) is 4.98 Å². The highest BCUT2D eigenvalue weighted by Gasteiger charge is 2.25. The zero-order valence-corrected chi connectivity index (χ0v) is 10.6. The molecule has 0 aliphatic carbocycles. The summed E-state index contributed by atoms with van der Waals surface area (Å²) in [6, 6.07) is 4.87. The van der Waals surface area contributed by atoms with Gasteiger partial charge in [0.25, 0.3) is 0 Å². The summed E-state index contributed by atoms with van der Waals surface area (Å²) in [5.41, 5.74) is 1.21. The number of hydrogen-bond donors (Lipinski definition) is 1. The van der Waals surface area contributed by atoms with Crippen LogP contribution >= 0.6 is 0 Å². The van der Waals surface area contributed by atoms with E-state index in [0.717, 1.165) is 0 Å². The third kappa shape index (κ3) is 2.83. The number of hydrazone groups is 1. The van der Waals surface area contributed by atoms with Gasteiger partial charge in [-0.1, -0.05) is 6.07 Å². The van der Waals surface area contributed by atoms with Gasteiger partial charge >= 0.3 is 0 Å². The zero-order chi connectivity index (χ0) is 15.6. The third-order valence-electron chi connectivity index (χ3n) is 2.58. The van der Waals surface area contributed by atoms with Crippen LogP contribution < -0.4 is 5.43 Å². The van der Waals surface area contributed by atoms with Crippen molar-refractivity contribution >= 4 is 11.4 Å². The Morgan fingerprint density at radius 1 is 0.952 bits per heavy atom. The van der Waals surface area contributed by atoms with Crippen LogP contribution in [-0.4, -0.2) is 10.7 Å². The highest BCUT2D eigenvalue weighted by Crippen LogP contribution is 2.27. The third-order valence-corrected chi connectivity index (χ3v) is 2.58. The van der Waals surface area contributed by atoms with Crippen molar-refractivity contribution in [3.8, 4) is 0 Å². The number of rotatable bonds is 3. The molecule has 2 rings (SSSR count). The molecule has 0 fully saturated rings. The minimum atomic E-state index is -2.22. The lowest BCUT2D eigenvalue weighted by molar-refractivity contribution is 0.381. The number of hydrogen-bond acceptors (Lipinski definition) is 3. The van der Waals surface area contributed by atoms with Gasteiger partial charge in [0.1, 0.15) is 5.69 Å². The van der Waals surface area contributed by atoms with Crippen LogP contribution in [0.3, 0.4) is 0 Å². The second kappa shape index (κ2) is 5.86. The second-order valence-corrected chi connectivity index (χ2v) is 3.97. The Morgan fingerprint density at radius 3 is 2.05 bits per heavy atom. The van der Waals surface area contributed by atoms with Gasteiger partial charge in [-0.3, -0.25) is 10.4 Å². The van der Waals surface area contributed by atoms with Crippen LogP contribution in [0.25, 0.3) is 0 Å². The van der Waals surface area contributed by atoms with Gasteiger partial charge in [-0.15, -0.1) is 0 Å². The summed E-state index contributed by atoms with van der Waals surface area (Å²) in [6.45, 7) is 1.46. The second-order valence-electron chi connectivity index (χ2n) is 3.97. The Kier molecular flexibility index (Phi) is 4.15. The summed E-state index contributed by atoms with van der Waals surface area (Å²) in [7, 11) is 0. The van der Waals surface area contributed by atoms with Gasteiger partial charge in [-0.05, 0) is 19.1 Å². The zero-order valence-electron chi connectivity index (χ0n) is 10.6. The Hall–Kier alpha value is -2.51. The molecule has 8 heteroatoms. The van der Waals surface area contributed by atoms with E-state index in [0.29, 0.717) is 5.69 Å². The summed E-state index contributed by atoms with van der Waals surface area (Å²) in [6.07, 6.45) is 1.47. The van der Waals surface area contributed by atoms with Gasteiger partial charge in [0.15, 0.2) is 23.3 Å². The van der Waals surface area contributed by atoms with Crippen molar-refractivity contribution in [2.75, 3.05) is 5.43 Å². The minimum Gasteiger partial charge on any atom is -0.272 e. The van der Waals surface area contributed by atoms with Gasteiger partial charge < -0.3 is 0 Å². The lowest BCUT2D eigenvalue weighted by Crippen LogP contribution is -2.08. The number of nitrogens with zero attached hydrogens (tertiary/aromatic N) is 2. The van der Waals surface area contributed by atoms with E-state index >= 15 is 0 Å². The number of pyridine rings is 1. The van der Waals surface area contributed by atoms with Crippen LogP contribution in [0.1, 0.15) is 12.6 Å². The topological polar surface area (TPSA) is 37.3 Å². The molecule has 1 aromatic heterocycles. The molecule has 0 amide bonds. The predicted octanol–water partition coefficient (Wildman–Crippen LogP) is 3.61. The maximum atomic E-state index is 13.4. The normalized spacial score (nSPS) is 11.6.